The maximum absolute atomic E-state index is 14.3. The number of carbonyl (C=O) groups excluding carboxylic acids is 2. The fourth-order valence-electron chi connectivity index (χ4n) is 3.78. The number of piperidine rings is 1. The summed E-state index contributed by atoms with van der Waals surface area (Å²) >= 11 is 0. The molecule has 1 atom stereocenters. The average Bonchev–Trinajstić information content (AvgIpc) is 3.46. The van der Waals surface area contributed by atoms with E-state index in [1.807, 2.05) is 0 Å². The molecule has 8 heteroatoms. The number of carbonyl (C=O) groups is 2. The van der Waals surface area contributed by atoms with Gasteiger partial charge in [-0.05, 0) is 43.7 Å². The Morgan fingerprint density at radius 2 is 2.03 bits per heavy atom. The van der Waals surface area contributed by atoms with Crippen molar-refractivity contribution in [3.05, 3.63) is 41.6 Å². The standard InChI is InChI=1S/C21H24F2N4O2/c1-26-12-17(19(25-26)16-7-6-15(22)9-18(16)23)21(29)27-8-2-3-14(11-27)20(28)24-10-13-4-5-13/h6-7,9,12-14H,2-5,8,10-11H2,1H3,(H,24,28). The molecule has 1 saturated heterocycles. The lowest BCUT2D eigenvalue weighted by atomic mass is 9.96. The molecule has 154 valence electrons. The van der Waals surface area contributed by atoms with Crippen LogP contribution in [0, 0.1) is 23.5 Å². The zero-order valence-corrected chi connectivity index (χ0v) is 16.3. The first-order valence-electron chi connectivity index (χ1n) is 9.98. The van der Waals surface area contributed by atoms with E-state index in [1.165, 1.54) is 29.8 Å². The summed E-state index contributed by atoms with van der Waals surface area (Å²) in [6.45, 7) is 1.57. The van der Waals surface area contributed by atoms with Crippen molar-refractivity contribution in [3.63, 3.8) is 0 Å². The van der Waals surface area contributed by atoms with Crippen molar-refractivity contribution in [3.8, 4) is 11.3 Å². The van der Waals surface area contributed by atoms with Gasteiger partial charge in [-0.2, -0.15) is 5.10 Å². The van der Waals surface area contributed by atoms with Crippen LogP contribution in [0.5, 0.6) is 0 Å². The molecule has 1 aromatic heterocycles. The molecule has 1 saturated carbocycles. The van der Waals surface area contributed by atoms with Crippen LogP contribution in [0.3, 0.4) is 0 Å². The fraction of sp³-hybridized carbons (Fsp3) is 0.476. The number of hydrogen-bond donors (Lipinski definition) is 1. The number of hydrogen-bond acceptors (Lipinski definition) is 3. The predicted octanol–water partition coefficient (Wildman–Crippen LogP) is 2.74. The minimum Gasteiger partial charge on any atom is -0.356 e. The molecule has 29 heavy (non-hydrogen) atoms. The van der Waals surface area contributed by atoms with Gasteiger partial charge >= 0.3 is 0 Å². The van der Waals surface area contributed by atoms with E-state index in [1.54, 1.807) is 11.9 Å². The Bertz CT molecular complexity index is 939. The minimum absolute atomic E-state index is 0.00890. The minimum atomic E-state index is -0.770. The highest BCUT2D eigenvalue weighted by Gasteiger charge is 2.32. The molecular formula is C21H24F2N4O2. The van der Waals surface area contributed by atoms with E-state index in [2.05, 4.69) is 10.4 Å². The Labute approximate surface area is 167 Å². The number of amides is 2. The number of halogens is 2. The Balaban J connectivity index is 1.52. The highest BCUT2D eigenvalue weighted by Crippen LogP contribution is 2.29. The Hall–Kier alpha value is -2.77. The molecule has 2 aromatic rings. The molecule has 6 nitrogen and oxygen atoms in total. The van der Waals surface area contributed by atoms with Gasteiger partial charge in [0.05, 0.1) is 11.5 Å². The SMILES string of the molecule is Cn1cc(C(=O)N2CCCC(C(=O)NCC3CC3)C2)c(-c2ccc(F)cc2F)n1. The van der Waals surface area contributed by atoms with Crippen molar-refractivity contribution in [2.45, 2.75) is 25.7 Å². The lowest BCUT2D eigenvalue weighted by Gasteiger charge is -2.32. The van der Waals surface area contributed by atoms with E-state index in [0.717, 1.165) is 25.0 Å². The zero-order valence-electron chi connectivity index (χ0n) is 16.3. The molecule has 1 aromatic carbocycles. The quantitative estimate of drug-likeness (QED) is 0.836. The molecule has 1 unspecified atom stereocenters. The van der Waals surface area contributed by atoms with Gasteiger partial charge in [-0.25, -0.2) is 8.78 Å². The van der Waals surface area contributed by atoms with Crippen molar-refractivity contribution >= 4 is 11.8 Å². The summed E-state index contributed by atoms with van der Waals surface area (Å²) in [6, 6.07) is 3.20. The first-order chi connectivity index (χ1) is 13.9. The highest BCUT2D eigenvalue weighted by atomic mass is 19.1. The third-order valence-electron chi connectivity index (χ3n) is 5.59. The third kappa shape index (κ3) is 4.31. The number of aryl methyl sites for hydroxylation is 1. The average molecular weight is 402 g/mol. The molecule has 0 bridgehead atoms. The highest BCUT2D eigenvalue weighted by molar-refractivity contribution is 6.00. The second-order valence-electron chi connectivity index (χ2n) is 7.97. The monoisotopic (exact) mass is 402 g/mol. The second kappa shape index (κ2) is 7.93. The number of nitrogens with zero attached hydrogens (tertiary/aromatic N) is 3. The van der Waals surface area contributed by atoms with Crippen molar-refractivity contribution in [1.29, 1.82) is 0 Å². The largest absolute Gasteiger partial charge is 0.356 e. The Kier molecular flexibility index (Phi) is 5.34. The first kappa shape index (κ1) is 19.5. The van der Waals surface area contributed by atoms with E-state index in [-0.39, 0.29) is 34.6 Å². The van der Waals surface area contributed by atoms with Crippen LogP contribution >= 0.6 is 0 Å². The van der Waals surface area contributed by atoms with E-state index >= 15 is 0 Å². The van der Waals surface area contributed by atoms with Crippen LogP contribution in [0.25, 0.3) is 11.3 Å². The normalized spacial score (nSPS) is 19.3. The third-order valence-corrected chi connectivity index (χ3v) is 5.59. The number of nitrogens with one attached hydrogen (secondary N) is 1. The predicted molar refractivity (Wildman–Crippen MR) is 103 cm³/mol. The van der Waals surface area contributed by atoms with Crippen molar-refractivity contribution < 1.29 is 18.4 Å². The van der Waals surface area contributed by atoms with Gasteiger partial charge in [0, 0.05) is 44.5 Å². The Morgan fingerprint density at radius 1 is 1.24 bits per heavy atom. The first-order valence-corrected chi connectivity index (χ1v) is 9.98. The van der Waals surface area contributed by atoms with Gasteiger partial charge < -0.3 is 10.2 Å². The van der Waals surface area contributed by atoms with Gasteiger partial charge in [-0.15, -0.1) is 0 Å². The van der Waals surface area contributed by atoms with Crippen molar-refractivity contribution in [1.82, 2.24) is 20.0 Å². The van der Waals surface area contributed by atoms with Gasteiger partial charge in [0.1, 0.15) is 17.3 Å². The zero-order chi connectivity index (χ0) is 20.5. The number of benzene rings is 1. The maximum atomic E-state index is 14.3. The molecule has 0 spiro atoms. The van der Waals surface area contributed by atoms with Gasteiger partial charge in [0.25, 0.3) is 5.91 Å². The molecule has 2 fully saturated rings. The van der Waals surface area contributed by atoms with Crippen molar-refractivity contribution in [2.75, 3.05) is 19.6 Å². The molecule has 0 radical (unpaired) electrons. The summed E-state index contributed by atoms with van der Waals surface area (Å²) < 4.78 is 29.0. The lowest BCUT2D eigenvalue weighted by molar-refractivity contribution is -0.126. The van der Waals surface area contributed by atoms with Crippen LogP contribution in [-0.2, 0) is 11.8 Å². The van der Waals surface area contributed by atoms with E-state index in [4.69, 9.17) is 0 Å². The number of likely N-dealkylation sites (tertiary alicyclic amines) is 1. The van der Waals surface area contributed by atoms with Gasteiger partial charge in [-0.3, -0.25) is 14.3 Å². The van der Waals surface area contributed by atoms with Crippen LogP contribution in [0.2, 0.25) is 0 Å². The summed E-state index contributed by atoms with van der Waals surface area (Å²) in [7, 11) is 1.64. The van der Waals surface area contributed by atoms with E-state index in [9.17, 15) is 18.4 Å². The van der Waals surface area contributed by atoms with E-state index in [0.29, 0.717) is 25.6 Å². The molecular weight excluding hydrogens is 378 g/mol. The van der Waals surface area contributed by atoms with Crippen LogP contribution in [0.15, 0.2) is 24.4 Å². The summed E-state index contributed by atoms with van der Waals surface area (Å²) in [4.78, 5) is 27.3. The lowest BCUT2D eigenvalue weighted by Crippen LogP contribution is -2.45. The molecule has 2 aliphatic rings. The van der Waals surface area contributed by atoms with Gasteiger partial charge in [0.2, 0.25) is 5.91 Å². The van der Waals surface area contributed by atoms with Crippen LogP contribution in [0.1, 0.15) is 36.0 Å². The van der Waals surface area contributed by atoms with Crippen LogP contribution in [0.4, 0.5) is 8.78 Å². The van der Waals surface area contributed by atoms with Gasteiger partial charge in [0.15, 0.2) is 0 Å². The molecule has 4 rings (SSSR count). The molecule has 1 aliphatic carbocycles. The summed E-state index contributed by atoms with van der Waals surface area (Å²) in [5.41, 5.74) is 0.499. The van der Waals surface area contributed by atoms with Crippen molar-refractivity contribution in [2.24, 2.45) is 18.9 Å². The fourth-order valence-corrected chi connectivity index (χ4v) is 3.78. The molecule has 2 heterocycles. The van der Waals surface area contributed by atoms with Crippen LogP contribution in [-0.4, -0.2) is 46.1 Å². The van der Waals surface area contributed by atoms with E-state index < -0.39 is 11.6 Å². The Morgan fingerprint density at radius 3 is 2.76 bits per heavy atom. The molecule has 2 amide bonds. The molecule has 1 N–H and O–H groups in total. The smallest absolute Gasteiger partial charge is 0.257 e. The second-order valence-corrected chi connectivity index (χ2v) is 7.97. The topological polar surface area (TPSA) is 67.2 Å². The van der Waals surface area contributed by atoms with Crippen LogP contribution < -0.4 is 5.32 Å². The summed E-state index contributed by atoms with van der Waals surface area (Å²) in [5, 5.41) is 7.21. The summed E-state index contributed by atoms with van der Waals surface area (Å²) in [5.74, 6) is -1.40. The van der Waals surface area contributed by atoms with Gasteiger partial charge in [-0.1, -0.05) is 0 Å². The maximum Gasteiger partial charge on any atom is 0.257 e. The number of aromatic nitrogens is 2. The number of rotatable bonds is 5. The summed E-state index contributed by atoms with van der Waals surface area (Å²) in [6.07, 6.45) is 5.34. The molecule has 1 aliphatic heterocycles.